The van der Waals surface area contributed by atoms with Gasteiger partial charge in [0.1, 0.15) is 0 Å². The molecule has 4 fully saturated rings. The summed E-state index contributed by atoms with van der Waals surface area (Å²) in [4.78, 5) is 25.2. The molecule has 2 amide bonds. The first-order valence-corrected chi connectivity index (χ1v) is 11.3. The van der Waals surface area contributed by atoms with Crippen LogP contribution in [0, 0.1) is 41.4 Å². The first-order chi connectivity index (χ1) is 13.1. The maximum absolute atomic E-state index is 11.9. The van der Waals surface area contributed by atoms with E-state index in [2.05, 4.69) is 18.7 Å². The van der Waals surface area contributed by atoms with Gasteiger partial charge in [0.2, 0.25) is 5.91 Å². The minimum Gasteiger partial charge on any atom is -0.279 e. The van der Waals surface area contributed by atoms with Gasteiger partial charge in [0.15, 0.2) is 0 Å². The number of likely N-dealkylation sites (tertiary alicyclic amines) is 1. The van der Waals surface area contributed by atoms with E-state index in [4.69, 9.17) is 0 Å². The Morgan fingerprint density at radius 3 is 2.30 bits per heavy atom. The standard InChI is InChI=1S/C20H25NO2.2C2H6/c1-11-7-17(22)21(20(11)23)6-2-3-12-8-15-10-16(12)19-14-5-4-13(9-14)18(15)19;2*1-2/h4-5,12-16,18-19H,1-3,6-10H2;2*1-2H3. The lowest BCUT2D eigenvalue weighted by molar-refractivity contribution is -0.137. The highest BCUT2D eigenvalue weighted by Crippen LogP contribution is 2.67. The van der Waals surface area contributed by atoms with Gasteiger partial charge in [-0.15, -0.1) is 0 Å². The van der Waals surface area contributed by atoms with Crippen molar-refractivity contribution in [2.24, 2.45) is 41.4 Å². The number of nitrogens with zero attached hydrogens (tertiary/aromatic N) is 1. The van der Waals surface area contributed by atoms with Crippen molar-refractivity contribution in [3.8, 4) is 0 Å². The van der Waals surface area contributed by atoms with Crippen LogP contribution in [0.5, 0.6) is 0 Å². The first kappa shape index (κ1) is 20.4. The zero-order valence-corrected chi connectivity index (χ0v) is 17.6. The highest BCUT2D eigenvalue weighted by atomic mass is 16.2. The van der Waals surface area contributed by atoms with E-state index in [1.54, 1.807) is 0 Å². The SMILES string of the molecule is C=C1CC(=O)N(CCCC2CC3CC2C2C4C=CC(C4)C32)C1=O.CC.CC. The van der Waals surface area contributed by atoms with Gasteiger partial charge >= 0.3 is 0 Å². The van der Waals surface area contributed by atoms with E-state index < -0.39 is 0 Å². The Morgan fingerprint density at radius 1 is 1.00 bits per heavy atom. The van der Waals surface area contributed by atoms with E-state index >= 15 is 0 Å². The number of allylic oxidation sites excluding steroid dienone is 2. The Morgan fingerprint density at radius 2 is 1.67 bits per heavy atom. The number of imide groups is 1. The maximum Gasteiger partial charge on any atom is 0.256 e. The van der Waals surface area contributed by atoms with Crippen LogP contribution in [0.4, 0.5) is 0 Å². The second kappa shape index (κ2) is 8.32. The molecule has 5 rings (SSSR count). The number of hydrogen-bond donors (Lipinski definition) is 0. The van der Waals surface area contributed by atoms with E-state index in [1.165, 1.54) is 30.6 Å². The van der Waals surface area contributed by atoms with Crippen LogP contribution in [0.3, 0.4) is 0 Å². The van der Waals surface area contributed by atoms with Crippen LogP contribution in [0.2, 0.25) is 0 Å². The Hall–Kier alpha value is -1.38. The van der Waals surface area contributed by atoms with Crippen LogP contribution >= 0.6 is 0 Å². The molecule has 1 heterocycles. The number of hydrogen-bond acceptors (Lipinski definition) is 2. The molecule has 0 N–H and O–H groups in total. The molecule has 0 aromatic rings. The minimum absolute atomic E-state index is 0.0498. The molecule has 0 aromatic heterocycles. The molecule has 150 valence electrons. The lowest BCUT2D eigenvalue weighted by Crippen LogP contribution is -2.33. The molecule has 0 spiro atoms. The molecule has 0 aromatic carbocycles. The summed E-state index contributed by atoms with van der Waals surface area (Å²) in [6.07, 6.45) is 11.7. The second-order valence-corrected chi connectivity index (χ2v) is 8.53. The van der Waals surface area contributed by atoms with Crippen molar-refractivity contribution in [3.05, 3.63) is 24.3 Å². The second-order valence-electron chi connectivity index (χ2n) is 8.53. The third-order valence-electron chi connectivity index (χ3n) is 7.58. The van der Waals surface area contributed by atoms with Crippen LogP contribution in [-0.4, -0.2) is 23.3 Å². The van der Waals surface area contributed by atoms with Crippen LogP contribution in [-0.2, 0) is 9.59 Å². The number of amides is 2. The molecule has 3 heteroatoms. The molecule has 7 unspecified atom stereocenters. The van der Waals surface area contributed by atoms with Gasteiger partial charge in [0.25, 0.3) is 5.91 Å². The van der Waals surface area contributed by atoms with Crippen molar-refractivity contribution in [1.82, 2.24) is 4.90 Å². The monoisotopic (exact) mass is 371 g/mol. The molecule has 1 saturated heterocycles. The Kier molecular flexibility index (Phi) is 6.28. The van der Waals surface area contributed by atoms with Crippen molar-refractivity contribution in [1.29, 1.82) is 0 Å². The summed E-state index contributed by atoms with van der Waals surface area (Å²) >= 11 is 0. The topological polar surface area (TPSA) is 37.4 Å². The summed E-state index contributed by atoms with van der Waals surface area (Å²) in [7, 11) is 0. The summed E-state index contributed by atoms with van der Waals surface area (Å²) in [6.45, 7) is 12.3. The molecule has 1 aliphatic heterocycles. The summed E-state index contributed by atoms with van der Waals surface area (Å²) < 4.78 is 0. The summed E-state index contributed by atoms with van der Waals surface area (Å²) in [5, 5.41) is 0. The molecule has 27 heavy (non-hydrogen) atoms. The van der Waals surface area contributed by atoms with Crippen LogP contribution in [0.15, 0.2) is 24.3 Å². The highest BCUT2D eigenvalue weighted by Gasteiger charge is 2.60. The summed E-state index contributed by atoms with van der Waals surface area (Å²) in [6, 6.07) is 0. The zero-order valence-electron chi connectivity index (χ0n) is 17.6. The van der Waals surface area contributed by atoms with Crippen molar-refractivity contribution >= 4 is 11.8 Å². The van der Waals surface area contributed by atoms with Crippen LogP contribution < -0.4 is 0 Å². The highest BCUT2D eigenvalue weighted by molar-refractivity contribution is 6.12. The molecule has 5 aliphatic rings. The fraction of sp³-hybridized carbons (Fsp3) is 0.750. The first-order valence-electron chi connectivity index (χ1n) is 11.3. The van der Waals surface area contributed by atoms with Crippen LogP contribution in [0.25, 0.3) is 0 Å². The molecule has 4 bridgehead atoms. The maximum atomic E-state index is 11.9. The van der Waals surface area contributed by atoms with Crippen molar-refractivity contribution in [2.45, 2.75) is 66.2 Å². The quantitative estimate of drug-likeness (QED) is 0.294. The normalized spacial score (nSPS) is 40.1. The average Bonchev–Trinajstić information content (AvgIpc) is 3.49. The fourth-order valence-corrected chi connectivity index (χ4v) is 6.88. The number of fused-ring (bicyclic) bond motifs is 9. The van der Waals surface area contributed by atoms with Crippen molar-refractivity contribution in [2.75, 3.05) is 6.54 Å². The van der Waals surface area contributed by atoms with Crippen molar-refractivity contribution < 1.29 is 9.59 Å². The Bertz CT molecular complexity index is 622. The largest absolute Gasteiger partial charge is 0.279 e. The van der Waals surface area contributed by atoms with Crippen molar-refractivity contribution in [3.63, 3.8) is 0 Å². The minimum atomic E-state index is -0.138. The fourth-order valence-electron chi connectivity index (χ4n) is 6.88. The van der Waals surface area contributed by atoms with Gasteiger partial charge in [-0.3, -0.25) is 14.5 Å². The summed E-state index contributed by atoms with van der Waals surface area (Å²) in [5.74, 6) is 6.26. The molecule has 7 atom stereocenters. The number of carbonyl (C=O) groups excluding carboxylic acids is 2. The molecule has 4 aliphatic carbocycles. The molecule has 3 saturated carbocycles. The third-order valence-corrected chi connectivity index (χ3v) is 7.58. The Balaban J connectivity index is 0.000000495. The van der Waals surface area contributed by atoms with E-state index in [1.807, 2.05) is 27.7 Å². The van der Waals surface area contributed by atoms with E-state index in [0.717, 1.165) is 47.8 Å². The molecule has 3 nitrogen and oxygen atoms in total. The number of rotatable bonds is 4. The van der Waals surface area contributed by atoms with Gasteiger partial charge < -0.3 is 0 Å². The van der Waals surface area contributed by atoms with E-state index in [9.17, 15) is 9.59 Å². The van der Waals surface area contributed by atoms with Gasteiger partial charge in [-0.1, -0.05) is 46.4 Å². The van der Waals surface area contributed by atoms with Crippen LogP contribution in [0.1, 0.15) is 66.2 Å². The number of carbonyl (C=O) groups is 2. The average molecular weight is 372 g/mol. The lowest BCUT2D eigenvalue weighted by Gasteiger charge is -2.37. The molecular formula is C24H37NO2. The predicted octanol–water partition coefficient (Wildman–Crippen LogP) is 5.23. The van der Waals surface area contributed by atoms with Gasteiger partial charge in [-0.2, -0.15) is 0 Å². The molecule has 0 radical (unpaired) electrons. The summed E-state index contributed by atoms with van der Waals surface area (Å²) in [5.41, 5.74) is 0.464. The molecular weight excluding hydrogens is 334 g/mol. The van der Waals surface area contributed by atoms with Gasteiger partial charge in [0, 0.05) is 12.1 Å². The smallest absolute Gasteiger partial charge is 0.256 e. The lowest BCUT2D eigenvalue weighted by atomic mass is 9.68. The van der Waals surface area contributed by atoms with Gasteiger partial charge in [0.05, 0.1) is 6.42 Å². The van der Waals surface area contributed by atoms with Gasteiger partial charge in [-0.25, -0.2) is 0 Å². The Labute approximate surface area is 165 Å². The van der Waals surface area contributed by atoms with E-state index in [0.29, 0.717) is 12.1 Å². The van der Waals surface area contributed by atoms with E-state index in [-0.39, 0.29) is 18.2 Å². The predicted molar refractivity (Wildman–Crippen MR) is 110 cm³/mol. The van der Waals surface area contributed by atoms with Gasteiger partial charge in [-0.05, 0) is 73.5 Å². The third kappa shape index (κ3) is 3.32. The zero-order chi connectivity index (χ0) is 19.7.